The summed E-state index contributed by atoms with van der Waals surface area (Å²) in [6, 6.07) is 22.2. The molecule has 0 aromatic heterocycles. The SMILES string of the molecule is O=C(N[C@@H](CC(=O)N1CCN(S(=O)(=O)c2ccc(F)cc2)CC1)c1ccccc1)c1ccccc1. The maximum Gasteiger partial charge on any atom is 0.251 e. The average Bonchev–Trinajstić information content (AvgIpc) is 2.89. The number of rotatable bonds is 7. The van der Waals surface area contributed by atoms with E-state index < -0.39 is 21.9 Å². The molecule has 2 amide bonds. The quantitative estimate of drug-likeness (QED) is 0.545. The fourth-order valence-electron chi connectivity index (χ4n) is 4.01. The van der Waals surface area contributed by atoms with Crippen LogP contribution in [-0.4, -0.2) is 55.6 Å². The molecule has 0 aliphatic carbocycles. The molecule has 9 heteroatoms. The molecule has 182 valence electrons. The number of hydrogen-bond acceptors (Lipinski definition) is 4. The van der Waals surface area contributed by atoms with Crippen molar-refractivity contribution < 1.29 is 22.4 Å². The highest BCUT2D eigenvalue weighted by molar-refractivity contribution is 7.89. The Morgan fingerprint density at radius 2 is 1.40 bits per heavy atom. The summed E-state index contributed by atoms with van der Waals surface area (Å²) in [6.45, 7) is 0.733. The van der Waals surface area contributed by atoms with Crippen LogP contribution in [0.5, 0.6) is 0 Å². The first kappa shape index (κ1) is 24.6. The Bertz CT molecular complexity index is 1260. The Labute approximate surface area is 204 Å². The summed E-state index contributed by atoms with van der Waals surface area (Å²) in [4.78, 5) is 27.5. The molecular weight excluding hydrogens is 469 g/mol. The van der Waals surface area contributed by atoms with Crippen molar-refractivity contribution in [3.05, 3.63) is 102 Å². The van der Waals surface area contributed by atoms with Crippen LogP contribution < -0.4 is 5.32 Å². The minimum Gasteiger partial charge on any atom is -0.345 e. The van der Waals surface area contributed by atoms with Crippen LogP contribution in [0, 0.1) is 5.82 Å². The fraction of sp³-hybridized carbons (Fsp3) is 0.231. The third kappa shape index (κ3) is 5.93. The minimum absolute atomic E-state index is 0.0199. The van der Waals surface area contributed by atoms with E-state index in [-0.39, 0.29) is 49.3 Å². The molecule has 1 aliphatic heterocycles. The molecular formula is C26H26FN3O4S. The van der Waals surface area contributed by atoms with Gasteiger partial charge in [-0.2, -0.15) is 4.31 Å². The van der Waals surface area contributed by atoms with Crippen molar-refractivity contribution in [2.75, 3.05) is 26.2 Å². The van der Waals surface area contributed by atoms with E-state index in [4.69, 9.17) is 0 Å². The Balaban J connectivity index is 1.41. The first-order valence-corrected chi connectivity index (χ1v) is 12.7. The monoisotopic (exact) mass is 495 g/mol. The van der Waals surface area contributed by atoms with E-state index in [0.717, 1.165) is 17.7 Å². The van der Waals surface area contributed by atoms with Gasteiger partial charge >= 0.3 is 0 Å². The summed E-state index contributed by atoms with van der Waals surface area (Å²) < 4.78 is 40.2. The van der Waals surface area contributed by atoms with Gasteiger partial charge in [0.2, 0.25) is 15.9 Å². The number of nitrogens with one attached hydrogen (secondary N) is 1. The minimum atomic E-state index is -3.77. The molecule has 0 spiro atoms. The van der Waals surface area contributed by atoms with Crippen LogP contribution in [0.25, 0.3) is 0 Å². The summed E-state index contributed by atoms with van der Waals surface area (Å²) in [7, 11) is -3.77. The molecule has 35 heavy (non-hydrogen) atoms. The predicted molar refractivity (Wildman–Crippen MR) is 129 cm³/mol. The number of nitrogens with zero attached hydrogens (tertiary/aromatic N) is 2. The second-order valence-electron chi connectivity index (χ2n) is 8.25. The van der Waals surface area contributed by atoms with Crippen molar-refractivity contribution in [3.63, 3.8) is 0 Å². The van der Waals surface area contributed by atoms with Gasteiger partial charge in [-0.1, -0.05) is 48.5 Å². The maximum atomic E-state index is 13.2. The van der Waals surface area contributed by atoms with Gasteiger partial charge in [0.1, 0.15) is 5.82 Å². The number of benzene rings is 3. The zero-order valence-electron chi connectivity index (χ0n) is 19.0. The molecule has 1 aliphatic rings. The second-order valence-corrected chi connectivity index (χ2v) is 10.2. The number of halogens is 1. The van der Waals surface area contributed by atoms with Crippen LogP contribution in [0.2, 0.25) is 0 Å². The highest BCUT2D eigenvalue weighted by atomic mass is 32.2. The number of amides is 2. The first-order valence-electron chi connectivity index (χ1n) is 11.3. The lowest BCUT2D eigenvalue weighted by Crippen LogP contribution is -2.51. The van der Waals surface area contributed by atoms with Crippen LogP contribution in [-0.2, 0) is 14.8 Å². The van der Waals surface area contributed by atoms with Gasteiger partial charge in [-0.3, -0.25) is 9.59 Å². The van der Waals surface area contributed by atoms with Crippen molar-refractivity contribution in [2.45, 2.75) is 17.4 Å². The average molecular weight is 496 g/mol. The topological polar surface area (TPSA) is 86.8 Å². The van der Waals surface area contributed by atoms with Gasteiger partial charge in [-0.05, 0) is 42.0 Å². The van der Waals surface area contributed by atoms with Crippen LogP contribution in [0.15, 0.2) is 89.8 Å². The van der Waals surface area contributed by atoms with Gasteiger partial charge < -0.3 is 10.2 Å². The van der Waals surface area contributed by atoms with Crippen LogP contribution >= 0.6 is 0 Å². The largest absolute Gasteiger partial charge is 0.345 e. The molecule has 4 rings (SSSR count). The molecule has 0 saturated carbocycles. The third-order valence-corrected chi connectivity index (χ3v) is 7.88. The van der Waals surface area contributed by atoms with Crippen molar-refractivity contribution >= 4 is 21.8 Å². The molecule has 0 radical (unpaired) electrons. The summed E-state index contributed by atoms with van der Waals surface area (Å²) >= 11 is 0. The lowest BCUT2D eigenvalue weighted by atomic mass is 10.0. The highest BCUT2D eigenvalue weighted by Crippen LogP contribution is 2.22. The lowest BCUT2D eigenvalue weighted by Gasteiger charge is -2.34. The van der Waals surface area contributed by atoms with Crippen LogP contribution in [0.4, 0.5) is 4.39 Å². The molecule has 7 nitrogen and oxygen atoms in total. The summed E-state index contributed by atoms with van der Waals surface area (Å²) in [5.41, 5.74) is 1.31. The molecule has 1 heterocycles. The normalized spacial score (nSPS) is 15.4. The Hall–Kier alpha value is -3.56. The summed E-state index contributed by atoms with van der Waals surface area (Å²) in [5.74, 6) is -0.958. The molecule has 1 saturated heterocycles. The van der Waals surface area contributed by atoms with Crippen molar-refractivity contribution in [1.82, 2.24) is 14.5 Å². The first-order chi connectivity index (χ1) is 16.8. The van der Waals surface area contributed by atoms with Crippen molar-refractivity contribution in [2.24, 2.45) is 0 Å². The molecule has 1 fully saturated rings. The molecule has 1 atom stereocenters. The van der Waals surface area contributed by atoms with Gasteiger partial charge in [0.05, 0.1) is 17.4 Å². The van der Waals surface area contributed by atoms with E-state index in [0.29, 0.717) is 5.56 Å². The summed E-state index contributed by atoms with van der Waals surface area (Å²) in [5, 5.41) is 2.96. The van der Waals surface area contributed by atoms with Gasteiger partial charge in [-0.25, -0.2) is 12.8 Å². The third-order valence-electron chi connectivity index (χ3n) is 5.96. The van der Waals surface area contributed by atoms with E-state index in [1.165, 1.54) is 16.4 Å². The Kier molecular flexibility index (Phi) is 7.57. The smallest absolute Gasteiger partial charge is 0.251 e. The highest BCUT2D eigenvalue weighted by Gasteiger charge is 2.31. The predicted octanol–water partition coefficient (Wildman–Crippen LogP) is 3.22. The molecule has 0 unspecified atom stereocenters. The maximum absolute atomic E-state index is 13.2. The number of piperazine rings is 1. The van der Waals surface area contributed by atoms with E-state index in [1.54, 1.807) is 29.2 Å². The second kappa shape index (κ2) is 10.8. The number of carbonyl (C=O) groups excluding carboxylic acids is 2. The zero-order valence-corrected chi connectivity index (χ0v) is 19.8. The Morgan fingerprint density at radius 1 is 0.829 bits per heavy atom. The zero-order chi connectivity index (χ0) is 24.8. The molecule has 0 bridgehead atoms. The molecule has 3 aromatic rings. The van der Waals surface area contributed by atoms with Crippen LogP contribution in [0.1, 0.15) is 28.4 Å². The van der Waals surface area contributed by atoms with Crippen molar-refractivity contribution in [3.8, 4) is 0 Å². The van der Waals surface area contributed by atoms with Gasteiger partial charge in [0.25, 0.3) is 5.91 Å². The van der Waals surface area contributed by atoms with E-state index in [9.17, 15) is 22.4 Å². The number of sulfonamides is 1. The summed E-state index contributed by atoms with van der Waals surface area (Å²) in [6.07, 6.45) is 0.0489. The van der Waals surface area contributed by atoms with Gasteiger partial charge in [-0.15, -0.1) is 0 Å². The number of hydrogen-bond donors (Lipinski definition) is 1. The molecule has 3 aromatic carbocycles. The molecule has 1 N–H and O–H groups in total. The lowest BCUT2D eigenvalue weighted by molar-refractivity contribution is -0.132. The van der Waals surface area contributed by atoms with Crippen molar-refractivity contribution in [1.29, 1.82) is 0 Å². The standard InChI is InChI=1S/C26H26FN3O4S/c27-22-11-13-23(14-12-22)35(33,34)30-17-15-29(16-18-30)25(31)19-24(20-7-3-1-4-8-20)28-26(32)21-9-5-2-6-10-21/h1-14,24H,15-19H2,(H,28,32)/t24-/m0/s1. The van der Waals surface area contributed by atoms with Crippen LogP contribution in [0.3, 0.4) is 0 Å². The van der Waals surface area contributed by atoms with Gasteiger partial charge in [0, 0.05) is 31.7 Å². The van der Waals surface area contributed by atoms with E-state index >= 15 is 0 Å². The number of carbonyl (C=O) groups is 2. The fourth-order valence-corrected chi connectivity index (χ4v) is 5.43. The van der Waals surface area contributed by atoms with Gasteiger partial charge in [0.15, 0.2) is 0 Å². The Morgan fingerprint density at radius 3 is 2.00 bits per heavy atom. The van der Waals surface area contributed by atoms with E-state index in [1.807, 2.05) is 36.4 Å². The van der Waals surface area contributed by atoms with E-state index in [2.05, 4.69) is 5.32 Å².